The summed E-state index contributed by atoms with van der Waals surface area (Å²) in [5, 5.41) is 4.28. The summed E-state index contributed by atoms with van der Waals surface area (Å²) in [5.74, 6) is 1.70. The summed E-state index contributed by atoms with van der Waals surface area (Å²) in [6, 6.07) is 10.4. The summed E-state index contributed by atoms with van der Waals surface area (Å²) in [4.78, 5) is 12.1. The second-order valence-corrected chi connectivity index (χ2v) is 6.45. The highest BCUT2D eigenvalue weighted by molar-refractivity contribution is 5.86. The largest absolute Gasteiger partial charge is 0.273 e. The Morgan fingerprint density at radius 3 is 2.52 bits per heavy atom. The van der Waals surface area contributed by atoms with Crippen molar-refractivity contribution in [2.45, 2.75) is 45.4 Å². The zero-order valence-electron chi connectivity index (χ0n) is 12.7. The van der Waals surface area contributed by atoms with Crippen molar-refractivity contribution >= 4 is 11.6 Å². The minimum Gasteiger partial charge on any atom is -0.273 e. The molecule has 2 aliphatic rings. The molecule has 0 radical (unpaired) electrons. The van der Waals surface area contributed by atoms with Crippen LogP contribution in [0.15, 0.2) is 35.4 Å². The van der Waals surface area contributed by atoms with Crippen LogP contribution in [0.5, 0.6) is 0 Å². The number of amides is 1. The second kappa shape index (κ2) is 6.42. The minimum atomic E-state index is 0.144. The van der Waals surface area contributed by atoms with E-state index in [2.05, 4.69) is 34.8 Å². The van der Waals surface area contributed by atoms with Gasteiger partial charge in [0.1, 0.15) is 0 Å². The maximum Gasteiger partial charge on any atom is 0.243 e. The van der Waals surface area contributed by atoms with E-state index >= 15 is 0 Å². The molecule has 112 valence electrons. The van der Waals surface area contributed by atoms with Gasteiger partial charge < -0.3 is 0 Å². The Balaban J connectivity index is 1.44. The third kappa shape index (κ3) is 3.52. The lowest BCUT2D eigenvalue weighted by molar-refractivity contribution is -0.122. The van der Waals surface area contributed by atoms with Crippen LogP contribution in [0.2, 0.25) is 0 Å². The molecular formula is C18H24N2O. The Labute approximate surface area is 126 Å². The molecule has 1 N–H and O–H groups in total. The van der Waals surface area contributed by atoms with Crippen LogP contribution in [0.4, 0.5) is 0 Å². The number of carbonyl (C=O) groups excluding carboxylic acids is 1. The van der Waals surface area contributed by atoms with E-state index in [1.165, 1.54) is 31.2 Å². The van der Waals surface area contributed by atoms with Gasteiger partial charge in [-0.05, 0) is 50.0 Å². The van der Waals surface area contributed by atoms with Crippen LogP contribution in [0.25, 0.3) is 0 Å². The first-order chi connectivity index (χ1) is 10.3. The van der Waals surface area contributed by atoms with Gasteiger partial charge in [0, 0.05) is 11.6 Å². The zero-order chi connectivity index (χ0) is 14.7. The summed E-state index contributed by atoms with van der Waals surface area (Å²) >= 11 is 0. The molecule has 0 aromatic heterocycles. The van der Waals surface area contributed by atoms with Gasteiger partial charge in [0.25, 0.3) is 0 Å². The van der Waals surface area contributed by atoms with E-state index in [0.29, 0.717) is 11.8 Å². The van der Waals surface area contributed by atoms with Gasteiger partial charge >= 0.3 is 0 Å². The van der Waals surface area contributed by atoms with Crippen LogP contribution in [0.1, 0.15) is 44.6 Å². The van der Waals surface area contributed by atoms with Crippen molar-refractivity contribution in [2.24, 2.45) is 22.9 Å². The van der Waals surface area contributed by atoms with Crippen LogP contribution in [-0.2, 0) is 11.2 Å². The van der Waals surface area contributed by atoms with Crippen molar-refractivity contribution in [3.63, 3.8) is 0 Å². The monoisotopic (exact) mass is 284 g/mol. The molecule has 0 saturated heterocycles. The molecule has 21 heavy (non-hydrogen) atoms. The number of carbonyl (C=O) groups is 1. The highest BCUT2D eigenvalue weighted by Crippen LogP contribution is 2.55. The normalized spacial score (nSPS) is 27.9. The molecule has 3 nitrogen and oxygen atoms in total. The van der Waals surface area contributed by atoms with Crippen LogP contribution < -0.4 is 5.43 Å². The highest BCUT2D eigenvalue weighted by atomic mass is 16.2. The average Bonchev–Trinajstić information content (AvgIpc) is 3.26. The molecule has 0 heterocycles. The first kappa shape index (κ1) is 14.3. The smallest absolute Gasteiger partial charge is 0.243 e. The van der Waals surface area contributed by atoms with Crippen LogP contribution >= 0.6 is 0 Å². The Bertz CT molecular complexity index is 511. The predicted molar refractivity (Wildman–Crippen MR) is 85.0 cm³/mol. The van der Waals surface area contributed by atoms with Gasteiger partial charge in [0.15, 0.2) is 0 Å². The maximum absolute atomic E-state index is 12.1. The second-order valence-electron chi connectivity index (χ2n) is 6.45. The van der Waals surface area contributed by atoms with E-state index in [-0.39, 0.29) is 11.8 Å². The van der Waals surface area contributed by atoms with Crippen molar-refractivity contribution in [1.82, 2.24) is 5.43 Å². The van der Waals surface area contributed by atoms with Gasteiger partial charge in [-0.1, -0.05) is 43.2 Å². The van der Waals surface area contributed by atoms with E-state index in [1.807, 2.05) is 13.0 Å². The van der Waals surface area contributed by atoms with Crippen molar-refractivity contribution in [2.75, 3.05) is 0 Å². The van der Waals surface area contributed by atoms with Gasteiger partial charge in [-0.3, -0.25) is 4.79 Å². The van der Waals surface area contributed by atoms with Crippen LogP contribution in [0.3, 0.4) is 0 Å². The lowest BCUT2D eigenvalue weighted by Crippen LogP contribution is -2.22. The third-order valence-electron chi connectivity index (χ3n) is 4.93. The quantitative estimate of drug-likeness (QED) is 0.652. The van der Waals surface area contributed by atoms with Gasteiger partial charge in [0.2, 0.25) is 5.91 Å². The van der Waals surface area contributed by atoms with E-state index < -0.39 is 0 Å². The van der Waals surface area contributed by atoms with Crippen LogP contribution in [0, 0.1) is 17.8 Å². The fourth-order valence-electron chi connectivity index (χ4n) is 3.63. The average molecular weight is 284 g/mol. The van der Waals surface area contributed by atoms with E-state index in [0.717, 1.165) is 18.6 Å². The topological polar surface area (TPSA) is 41.5 Å². The molecule has 3 rings (SSSR count). The van der Waals surface area contributed by atoms with Crippen LogP contribution in [-0.4, -0.2) is 11.6 Å². The van der Waals surface area contributed by atoms with E-state index in [1.54, 1.807) is 0 Å². The number of benzene rings is 1. The summed E-state index contributed by atoms with van der Waals surface area (Å²) in [7, 11) is 0. The summed E-state index contributed by atoms with van der Waals surface area (Å²) in [6.07, 6.45) is 6.93. The number of rotatable bonds is 5. The number of aryl methyl sites for hydroxylation is 1. The number of hydrazone groups is 1. The minimum absolute atomic E-state index is 0.144. The summed E-state index contributed by atoms with van der Waals surface area (Å²) < 4.78 is 0. The van der Waals surface area contributed by atoms with Crippen molar-refractivity contribution < 1.29 is 4.79 Å². The molecule has 2 saturated carbocycles. The SMILES string of the molecule is C/C(CCc1ccccc1)=N/NC(=O)C1[C@H]2CCCC[C@@H]12. The highest BCUT2D eigenvalue weighted by Gasteiger charge is 2.54. The third-order valence-corrected chi connectivity index (χ3v) is 4.93. The molecule has 3 heteroatoms. The summed E-state index contributed by atoms with van der Waals surface area (Å²) in [5.41, 5.74) is 5.09. The molecule has 0 bridgehead atoms. The molecule has 2 aliphatic carbocycles. The fourth-order valence-corrected chi connectivity index (χ4v) is 3.63. The van der Waals surface area contributed by atoms with Crippen molar-refractivity contribution in [3.8, 4) is 0 Å². The molecule has 0 spiro atoms. The first-order valence-electron chi connectivity index (χ1n) is 8.12. The van der Waals surface area contributed by atoms with Gasteiger partial charge in [-0.25, -0.2) is 5.43 Å². The Morgan fingerprint density at radius 1 is 1.19 bits per heavy atom. The zero-order valence-corrected chi connectivity index (χ0v) is 12.7. The number of nitrogens with one attached hydrogen (secondary N) is 1. The number of fused-ring (bicyclic) bond motifs is 1. The molecule has 1 unspecified atom stereocenters. The molecule has 1 amide bonds. The predicted octanol–water partition coefficient (Wildman–Crippen LogP) is 3.55. The Morgan fingerprint density at radius 2 is 1.86 bits per heavy atom. The lowest BCUT2D eigenvalue weighted by atomic mass is 10.0. The molecule has 0 aliphatic heterocycles. The molecule has 3 atom stereocenters. The van der Waals surface area contributed by atoms with Gasteiger partial charge in [-0.15, -0.1) is 0 Å². The van der Waals surface area contributed by atoms with Gasteiger partial charge in [0.05, 0.1) is 0 Å². The lowest BCUT2D eigenvalue weighted by Gasteiger charge is -2.04. The summed E-state index contributed by atoms with van der Waals surface area (Å²) in [6.45, 7) is 1.99. The molecule has 1 aromatic carbocycles. The Hall–Kier alpha value is -1.64. The number of hydrogen-bond donors (Lipinski definition) is 1. The molecule has 2 fully saturated rings. The molecular weight excluding hydrogens is 260 g/mol. The Kier molecular flexibility index (Phi) is 4.37. The first-order valence-corrected chi connectivity index (χ1v) is 8.12. The van der Waals surface area contributed by atoms with Crippen molar-refractivity contribution in [3.05, 3.63) is 35.9 Å². The van der Waals surface area contributed by atoms with E-state index in [4.69, 9.17) is 0 Å². The van der Waals surface area contributed by atoms with E-state index in [9.17, 15) is 4.79 Å². The number of hydrogen-bond acceptors (Lipinski definition) is 2. The van der Waals surface area contributed by atoms with Gasteiger partial charge in [-0.2, -0.15) is 5.10 Å². The van der Waals surface area contributed by atoms with Crippen molar-refractivity contribution in [1.29, 1.82) is 0 Å². The fraction of sp³-hybridized carbons (Fsp3) is 0.556. The number of nitrogens with zero attached hydrogens (tertiary/aromatic N) is 1. The molecule has 1 aromatic rings. The maximum atomic E-state index is 12.1. The standard InChI is InChI=1S/C18H24N2O/c1-13(11-12-14-7-3-2-4-8-14)19-20-18(21)17-15-9-5-6-10-16(15)17/h2-4,7-8,15-17H,5-6,9-12H2,1H3,(H,20,21)/b19-13-/t15-,16+,17?.